The first kappa shape index (κ1) is 29.9. The highest BCUT2D eigenvalue weighted by atomic mass is 16.6. The highest BCUT2D eigenvalue weighted by Crippen LogP contribution is 2.45. The second kappa shape index (κ2) is 12.0. The van der Waals surface area contributed by atoms with E-state index < -0.39 is 29.3 Å². The van der Waals surface area contributed by atoms with Gasteiger partial charge in [-0.1, -0.05) is 48.5 Å². The van der Waals surface area contributed by atoms with Crippen LogP contribution < -0.4 is 0 Å². The Balaban J connectivity index is 1.37. The smallest absolute Gasteiger partial charge is 0.411 e. The summed E-state index contributed by atoms with van der Waals surface area (Å²) in [5.41, 5.74) is 2.31. The number of carbonyl (C=O) groups is 3. The molecule has 3 aliphatic rings. The fourth-order valence-electron chi connectivity index (χ4n) is 6.75. The number of rotatable bonds is 6. The number of hydrogen-bond acceptors (Lipinski definition) is 6. The third-order valence-electron chi connectivity index (χ3n) is 8.96. The zero-order chi connectivity index (χ0) is 30.1. The summed E-state index contributed by atoms with van der Waals surface area (Å²) < 4.78 is 17.1. The summed E-state index contributed by atoms with van der Waals surface area (Å²) in [7, 11) is 0. The SMILES string of the molecule is CC(C)(C)OC(=O)N1CCC(C(C)(C(=O)O)N(C(=O)OCC2c3ccccc3-c3ccccc32)C2CCOCC2)CC1. The summed E-state index contributed by atoms with van der Waals surface area (Å²) in [5, 5.41) is 10.7. The van der Waals surface area contributed by atoms with Gasteiger partial charge in [0, 0.05) is 38.3 Å². The van der Waals surface area contributed by atoms with Gasteiger partial charge in [-0.3, -0.25) is 4.90 Å². The van der Waals surface area contributed by atoms with Crippen LogP contribution in [0.5, 0.6) is 0 Å². The maximum Gasteiger partial charge on any atom is 0.411 e. The number of nitrogens with zero attached hydrogens (tertiary/aromatic N) is 2. The number of aliphatic carboxylic acids is 1. The number of fused-ring (bicyclic) bond motifs is 3. The molecule has 2 saturated heterocycles. The molecule has 5 rings (SSSR count). The first-order chi connectivity index (χ1) is 20.0. The second-order valence-corrected chi connectivity index (χ2v) is 12.7. The third kappa shape index (κ3) is 5.84. The minimum atomic E-state index is -1.52. The van der Waals surface area contributed by atoms with Crippen molar-refractivity contribution < 1.29 is 33.7 Å². The number of carbonyl (C=O) groups excluding carboxylic acids is 2. The van der Waals surface area contributed by atoms with Crippen LogP contribution in [-0.4, -0.2) is 83.2 Å². The molecule has 1 N–H and O–H groups in total. The lowest BCUT2D eigenvalue weighted by atomic mass is 9.76. The first-order valence-corrected chi connectivity index (χ1v) is 14.9. The molecule has 2 amide bonds. The minimum Gasteiger partial charge on any atom is -0.479 e. The number of likely N-dealkylation sites (tertiary alicyclic amines) is 1. The van der Waals surface area contributed by atoms with Crippen molar-refractivity contribution in [3.63, 3.8) is 0 Å². The Morgan fingerprint density at radius 2 is 1.45 bits per heavy atom. The predicted octanol–water partition coefficient (Wildman–Crippen LogP) is 5.91. The molecular weight excluding hydrogens is 536 g/mol. The van der Waals surface area contributed by atoms with Crippen molar-refractivity contribution in [3.8, 4) is 11.1 Å². The molecule has 2 aromatic carbocycles. The zero-order valence-corrected chi connectivity index (χ0v) is 25.0. The molecule has 0 radical (unpaired) electrons. The number of ether oxygens (including phenoxy) is 3. The zero-order valence-electron chi connectivity index (χ0n) is 25.0. The van der Waals surface area contributed by atoms with Crippen LogP contribution >= 0.6 is 0 Å². The van der Waals surface area contributed by atoms with Crippen LogP contribution in [0.15, 0.2) is 48.5 Å². The lowest BCUT2D eigenvalue weighted by Crippen LogP contribution is -2.65. The van der Waals surface area contributed by atoms with E-state index >= 15 is 0 Å². The van der Waals surface area contributed by atoms with Gasteiger partial charge in [0.25, 0.3) is 0 Å². The van der Waals surface area contributed by atoms with Gasteiger partial charge in [-0.2, -0.15) is 0 Å². The van der Waals surface area contributed by atoms with E-state index in [2.05, 4.69) is 24.3 Å². The topological polar surface area (TPSA) is 106 Å². The van der Waals surface area contributed by atoms with Gasteiger partial charge in [-0.05, 0) is 81.5 Å². The van der Waals surface area contributed by atoms with Crippen molar-refractivity contribution in [1.29, 1.82) is 0 Å². The Labute approximate surface area is 247 Å². The monoisotopic (exact) mass is 578 g/mol. The molecule has 42 heavy (non-hydrogen) atoms. The Morgan fingerprint density at radius 1 is 0.905 bits per heavy atom. The summed E-state index contributed by atoms with van der Waals surface area (Å²) in [6.45, 7) is 8.82. The Bertz CT molecular complexity index is 1260. The number of benzene rings is 2. The molecule has 2 fully saturated rings. The first-order valence-electron chi connectivity index (χ1n) is 14.9. The van der Waals surface area contributed by atoms with E-state index in [0.717, 1.165) is 22.3 Å². The molecule has 1 atom stereocenters. The summed E-state index contributed by atoms with van der Waals surface area (Å²) in [4.78, 5) is 42.9. The quantitative estimate of drug-likeness (QED) is 0.455. The lowest BCUT2D eigenvalue weighted by molar-refractivity contribution is -0.158. The largest absolute Gasteiger partial charge is 0.479 e. The lowest BCUT2D eigenvalue weighted by Gasteiger charge is -2.49. The normalized spacial score (nSPS) is 19.4. The number of hydrogen-bond donors (Lipinski definition) is 1. The van der Waals surface area contributed by atoms with Gasteiger partial charge in [-0.15, -0.1) is 0 Å². The number of carboxylic acids is 1. The van der Waals surface area contributed by atoms with E-state index in [1.54, 1.807) is 11.8 Å². The molecule has 2 aromatic rings. The maximum atomic E-state index is 14.1. The standard InChI is InChI=1S/C33H42N2O7/c1-32(2,3)42-30(38)34-17-13-22(14-18-34)33(4,29(36)37)35(23-15-19-40-20-16-23)31(39)41-21-28-26-11-7-5-9-24(26)25-10-6-8-12-27(25)28/h5-12,22-23,28H,13-21H2,1-4H3,(H,36,37). The van der Waals surface area contributed by atoms with Gasteiger partial charge in [0.15, 0.2) is 0 Å². The van der Waals surface area contributed by atoms with Crippen LogP contribution in [0.3, 0.4) is 0 Å². The third-order valence-corrected chi connectivity index (χ3v) is 8.96. The predicted molar refractivity (Wildman–Crippen MR) is 157 cm³/mol. The van der Waals surface area contributed by atoms with Crippen LogP contribution in [0.4, 0.5) is 9.59 Å². The molecular formula is C33H42N2O7. The molecule has 226 valence electrons. The fraction of sp³-hybridized carbons (Fsp3) is 0.545. The van der Waals surface area contributed by atoms with E-state index in [1.165, 1.54) is 4.90 Å². The Morgan fingerprint density at radius 3 is 1.98 bits per heavy atom. The molecule has 0 bridgehead atoms. The fourth-order valence-corrected chi connectivity index (χ4v) is 6.75. The summed E-state index contributed by atoms with van der Waals surface area (Å²) in [5.74, 6) is -1.58. The summed E-state index contributed by atoms with van der Waals surface area (Å²) >= 11 is 0. The van der Waals surface area contributed by atoms with Crippen LogP contribution in [0, 0.1) is 5.92 Å². The van der Waals surface area contributed by atoms with Crippen molar-refractivity contribution in [2.24, 2.45) is 5.92 Å². The molecule has 9 heteroatoms. The number of carboxylic acid groups (broad SMARTS) is 1. The summed E-state index contributed by atoms with van der Waals surface area (Å²) in [6, 6.07) is 15.9. The molecule has 2 heterocycles. The van der Waals surface area contributed by atoms with Crippen LogP contribution in [0.25, 0.3) is 11.1 Å². The minimum absolute atomic E-state index is 0.110. The van der Waals surface area contributed by atoms with E-state index in [-0.39, 0.29) is 24.5 Å². The highest BCUT2D eigenvalue weighted by molar-refractivity contribution is 5.85. The molecule has 9 nitrogen and oxygen atoms in total. The van der Waals surface area contributed by atoms with Crippen LogP contribution in [0.1, 0.15) is 70.4 Å². The Kier molecular flexibility index (Phi) is 8.51. The van der Waals surface area contributed by atoms with E-state index in [4.69, 9.17) is 14.2 Å². The average Bonchev–Trinajstić information content (AvgIpc) is 3.29. The van der Waals surface area contributed by atoms with Gasteiger partial charge in [0.1, 0.15) is 17.7 Å². The molecule has 1 aliphatic carbocycles. The number of amides is 2. The summed E-state index contributed by atoms with van der Waals surface area (Å²) in [6.07, 6.45) is 0.892. The molecule has 0 aromatic heterocycles. The molecule has 1 unspecified atom stereocenters. The van der Waals surface area contributed by atoms with E-state index in [1.807, 2.05) is 45.0 Å². The van der Waals surface area contributed by atoms with Crippen molar-refractivity contribution in [1.82, 2.24) is 9.80 Å². The Hall–Kier alpha value is -3.59. The van der Waals surface area contributed by atoms with E-state index in [0.29, 0.717) is 52.0 Å². The van der Waals surface area contributed by atoms with Gasteiger partial charge in [0.2, 0.25) is 0 Å². The van der Waals surface area contributed by atoms with Gasteiger partial charge >= 0.3 is 18.2 Å². The highest BCUT2D eigenvalue weighted by Gasteiger charge is 2.53. The van der Waals surface area contributed by atoms with Crippen molar-refractivity contribution in [2.75, 3.05) is 32.9 Å². The van der Waals surface area contributed by atoms with Crippen LogP contribution in [0.2, 0.25) is 0 Å². The number of piperidine rings is 1. The molecule has 0 saturated carbocycles. The van der Waals surface area contributed by atoms with Crippen molar-refractivity contribution in [3.05, 3.63) is 59.7 Å². The molecule has 0 spiro atoms. The van der Waals surface area contributed by atoms with Crippen molar-refractivity contribution in [2.45, 2.75) is 76.5 Å². The van der Waals surface area contributed by atoms with Gasteiger partial charge < -0.3 is 24.2 Å². The van der Waals surface area contributed by atoms with E-state index in [9.17, 15) is 19.5 Å². The van der Waals surface area contributed by atoms with Gasteiger partial charge in [0.05, 0.1) is 0 Å². The average molecular weight is 579 g/mol. The van der Waals surface area contributed by atoms with Gasteiger partial charge in [-0.25, -0.2) is 14.4 Å². The second-order valence-electron chi connectivity index (χ2n) is 12.7. The maximum absolute atomic E-state index is 14.1. The molecule has 2 aliphatic heterocycles. The van der Waals surface area contributed by atoms with Crippen LogP contribution in [-0.2, 0) is 19.0 Å². The van der Waals surface area contributed by atoms with Crippen molar-refractivity contribution >= 4 is 18.2 Å².